The molecule has 3 rings (SSSR count). The molecule has 0 aliphatic carbocycles. The zero-order valence-electron chi connectivity index (χ0n) is 14.8. The summed E-state index contributed by atoms with van der Waals surface area (Å²) in [4.78, 5) is 16.3. The number of ether oxygens (including phenoxy) is 1. The van der Waals surface area contributed by atoms with Gasteiger partial charge in [-0.25, -0.2) is 0 Å². The van der Waals surface area contributed by atoms with Crippen LogP contribution in [0.15, 0.2) is 28.8 Å². The molecule has 0 radical (unpaired) electrons. The monoisotopic (exact) mass is 343 g/mol. The van der Waals surface area contributed by atoms with Gasteiger partial charge in [-0.2, -0.15) is 4.98 Å². The first kappa shape index (κ1) is 17.6. The van der Waals surface area contributed by atoms with Crippen molar-refractivity contribution in [2.75, 3.05) is 13.2 Å². The maximum absolute atomic E-state index is 11.9. The fourth-order valence-electron chi connectivity index (χ4n) is 2.83. The van der Waals surface area contributed by atoms with E-state index in [1.54, 1.807) is 0 Å². The molecule has 0 spiro atoms. The fraction of sp³-hybridized carbons (Fsp3) is 0.526. The Morgan fingerprint density at radius 2 is 2.12 bits per heavy atom. The third-order valence-corrected chi connectivity index (χ3v) is 4.42. The first-order valence-electron chi connectivity index (χ1n) is 8.93. The minimum absolute atomic E-state index is 0.0171. The van der Waals surface area contributed by atoms with Crippen molar-refractivity contribution in [3.8, 4) is 11.4 Å². The van der Waals surface area contributed by atoms with E-state index >= 15 is 0 Å². The van der Waals surface area contributed by atoms with Crippen LogP contribution in [0.2, 0.25) is 0 Å². The molecule has 0 bridgehead atoms. The zero-order chi connectivity index (χ0) is 17.6. The highest BCUT2D eigenvalue weighted by atomic mass is 16.5. The molecule has 2 heterocycles. The van der Waals surface area contributed by atoms with Gasteiger partial charge in [0.1, 0.15) is 0 Å². The Labute approximate surface area is 148 Å². The highest BCUT2D eigenvalue weighted by Gasteiger charge is 2.16. The molecule has 1 aliphatic heterocycles. The van der Waals surface area contributed by atoms with E-state index in [0.29, 0.717) is 37.0 Å². The number of rotatable bonds is 7. The van der Waals surface area contributed by atoms with Crippen molar-refractivity contribution in [1.29, 1.82) is 0 Å². The van der Waals surface area contributed by atoms with Crippen molar-refractivity contribution in [1.82, 2.24) is 15.5 Å². The molecule has 134 valence electrons. The number of hydrogen-bond acceptors (Lipinski definition) is 5. The molecule has 1 aromatic heterocycles. The Morgan fingerprint density at radius 3 is 2.80 bits per heavy atom. The molecule has 1 saturated heterocycles. The molecule has 1 N–H and O–H groups in total. The Hall–Kier alpha value is -2.21. The lowest BCUT2D eigenvalue weighted by molar-refractivity contribution is -0.121. The first-order chi connectivity index (χ1) is 12.1. The van der Waals surface area contributed by atoms with E-state index in [1.807, 2.05) is 12.1 Å². The molecular weight excluding hydrogens is 318 g/mol. The summed E-state index contributed by atoms with van der Waals surface area (Å²) in [6.07, 6.45) is 3.02. The molecule has 6 nitrogen and oxygen atoms in total. The Balaban J connectivity index is 1.48. The van der Waals surface area contributed by atoms with Gasteiger partial charge in [-0.05, 0) is 24.3 Å². The van der Waals surface area contributed by atoms with E-state index in [1.165, 1.54) is 5.56 Å². The maximum atomic E-state index is 11.9. The van der Waals surface area contributed by atoms with Crippen molar-refractivity contribution in [2.24, 2.45) is 0 Å². The van der Waals surface area contributed by atoms with E-state index in [-0.39, 0.29) is 12.0 Å². The average Bonchev–Trinajstić information content (AvgIpc) is 3.30. The fourth-order valence-corrected chi connectivity index (χ4v) is 2.83. The predicted octanol–water partition coefficient (Wildman–Crippen LogP) is 3.09. The van der Waals surface area contributed by atoms with Crippen LogP contribution in [0.4, 0.5) is 0 Å². The second kappa shape index (κ2) is 8.25. The van der Waals surface area contributed by atoms with E-state index in [2.05, 4.69) is 41.4 Å². The van der Waals surface area contributed by atoms with Gasteiger partial charge in [-0.1, -0.05) is 43.3 Å². The molecule has 0 saturated carbocycles. The van der Waals surface area contributed by atoms with Crippen LogP contribution >= 0.6 is 0 Å². The van der Waals surface area contributed by atoms with Crippen LogP contribution in [0.1, 0.15) is 50.5 Å². The quantitative estimate of drug-likeness (QED) is 0.836. The smallest absolute Gasteiger partial charge is 0.227 e. The average molecular weight is 343 g/mol. The van der Waals surface area contributed by atoms with Crippen molar-refractivity contribution >= 4 is 5.91 Å². The second-order valence-electron chi connectivity index (χ2n) is 6.73. The maximum Gasteiger partial charge on any atom is 0.227 e. The third-order valence-electron chi connectivity index (χ3n) is 4.42. The first-order valence-corrected chi connectivity index (χ1v) is 8.93. The van der Waals surface area contributed by atoms with E-state index < -0.39 is 0 Å². The highest BCUT2D eigenvalue weighted by Crippen LogP contribution is 2.20. The van der Waals surface area contributed by atoms with Crippen molar-refractivity contribution in [3.05, 3.63) is 35.7 Å². The van der Waals surface area contributed by atoms with Gasteiger partial charge in [0.05, 0.1) is 6.10 Å². The summed E-state index contributed by atoms with van der Waals surface area (Å²) in [5, 5.41) is 6.91. The summed E-state index contributed by atoms with van der Waals surface area (Å²) >= 11 is 0. The Kier molecular flexibility index (Phi) is 5.81. The summed E-state index contributed by atoms with van der Waals surface area (Å²) in [7, 11) is 0. The number of hydrogen-bond donors (Lipinski definition) is 1. The molecule has 1 atom stereocenters. The van der Waals surface area contributed by atoms with Crippen LogP contribution < -0.4 is 5.32 Å². The van der Waals surface area contributed by atoms with Gasteiger partial charge in [-0.3, -0.25) is 4.79 Å². The van der Waals surface area contributed by atoms with Crippen molar-refractivity contribution in [2.45, 2.75) is 51.6 Å². The summed E-state index contributed by atoms with van der Waals surface area (Å²) in [6.45, 7) is 5.69. The minimum atomic E-state index is -0.0171. The van der Waals surface area contributed by atoms with Crippen LogP contribution in [-0.4, -0.2) is 35.3 Å². The molecular formula is C19H25N3O3. The molecule has 1 amide bonds. The lowest BCUT2D eigenvalue weighted by atomic mass is 10.0. The van der Waals surface area contributed by atoms with Gasteiger partial charge in [0.25, 0.3) is 0 Å². The highest BCUT2D eigenvalue weighted by molar-refractivity contribution is 5.76. The number of nitrogens with zero attached hydrogens (tertiary/aromatic N) is 2. The molecule has 1 unspecified atom stereocenters. The standard InChI is InChI=1S/C19H25N3O3/c1-13(2)14-5-7-15(8-6-14)19-21-18(25-22-19)10-9-17(23)20-12-16-4-3-11-24-16/h5-8,13,16H,3-4,9-12H2,1-2H3,(H,20,23). The largest absolute Gasteiger partial charge is 0.376 e. The van der Waals surface area contributed by atoms with Crippen molar-refractivity contribution in [3.63, 3.8) is 0 Å². The van der Waals surface area contributed by atoms with Crippen LogP contribution in [0, 0.1) is 0 Å². The number of amides is 1. The Bertz CT molecular complexity index is 688. The molecule has 2 aromatic rings. The number of carbonyl (C=O) groups is 1. The number of aryl methyl sites for hydroxylation is 1. The Morgan fingerprint density at radius 1 is 1.32 bits per heavy atom. The second-order valence-corrected chi connectivity index (χ2v) is 6.73. The van der Waals surface area contributed by atoms with Crippen LogP contribution in [0.3, 0.4) is 0 Å². The number of carbonyl (C=O) groups excluding carboxylic acids is 1. The zero-order valence-corrected chi connectivity index (χ0v) is 14.8. The van der Waals surface area contributed by atoms with Gasteiger partial charge in [0, 0.05) is 31.6 Å². The van der Waals surface area contributed by atoms with Crippen LogP contribution in [0.25, 0.3) is 11.4 Å². The van der Waals surface area contributed by atoms with Gasteiger partial charge in [-0.15, -0.1) is 0 Å². The molecule has 1 fully saturated rings. The number of nitrogens with one attached hydrogen (secondary N) is 1. The topological polar surface area (TPSA) is 77.2 Å². The van der Waals surface area contributed by atoms with Gasteiger partial charge in [0.15, 0.2) is 0 Å². The lowest BCUT2D eigenvalue weighted by Gasteiger charge is -2.09. The van der Waals surface area contributed by atoms with Gasteiger partial charge < -0.3 is 14.6 Å². The van der Waals surface area contributed by atoms with E-state index in [0.717, 1.165) is 25.0 Å². The predicted molar refractivity (Wildman–Crippen MR) is 94.1 cm³/mol. The number of benzene rings is 1. The molecule has 1 aromatic carbocycles. The molecule has 1 aliphatic rings. The van der Waals surface area contributed by atoms with Crippen LogP contribution in [0.5, 0.6) is 0 Å². The molecule has 25 heavy (non-hydrogen) atoms. The summed E-state index contributed by atoms with van der Waals surface area (Å²) < 4.78 is 10.7. The summed E-state index contributed by atoms with van der Waals surface area (Å²) in [5.74, 6) is 1.51. The van der Waals surface area contributed by atoms with E-state index in [9.17, 15) is 4.79 Å². The third kappa shape index (κ3) is 4.89. The van der Waals surface area contributed by atoms with Crippen LogP contribution in [-0.2, 0) is 16.0 Å². The normalized spacial score (nSPS) is 17.2. The van der Waals surface area contributed by atoms with Crippen molar-refractivity contribution < 1.29 is 14.1 Å². The number of aromatic nitrogens is 2. The molecule has 6 heteroatoms. The minimum Gasteiger partial charge on any atom is -0.376 e. The summed E-state index contributed by atoms with van der Waals surface area (Å²) in [5.41, 5.74) is 2.19. The van der Waals surface area contributed by atoms with Gasteiger partial charge in [0.2, 0.25) is 17.6 Å². The van der Waals surface area contributed by atoms with Gasteiger partial charge >= 0.3 is 0 Å². The van der Waals surface area contributed by atoms with E-state index in [4.69, 9.17) is 9.26 Å². The SMILES string of the molecule is CC(C)c1ccc(-c2noc(CCC(=O)NCC3CCCO3)n2)cc1. The summed E-state index contributed by atoms with van der Waals surface area (Å²) in [6, 6.07) is 8.15. The lowest BCUT2D eigenvalue weighted by Crippen LogP contribution is -2.31.